The molecule has 2 nitrogen and oxygen atoms in total. The first-order chi connectivity index (χ1) is 8.50. The van der Waals surface area contributed by atoms with Gasteiger partial charge in [-0.1, -0.05) is 39.0 Å². The molecule has 1 aromatic rings. The number of piperazine rings is 1. The minimum absolute atomic E-state index is 0.0273. The predicted octanol–water partition coefficient (Wildman–Crippen LogP) is 2.82. The summed E-state index contributed by atoms with van der Waals surface area (Å²) < 4.78 is 14.1. The summed E-state index contributed by atoms with van der Waals surface area (Å²) >= 11 is 0. The zero-order chi connectivity index (χ0) is 13.2. The van der Waals surface area contributed by atoms with Crippen LogP contribution in [0.2, 0.25) is 0 Å². The summed E-state index contributed by atoms with van der Waals surface area (Å²) in [6.45, 7) is 10.5. The maximum Gasteiger partial charge on any atom is 0.128 e. The lowest BCUT2D eigenvalue weighted by atomic mass is 9.80. The molecule has 1 aliphatic rings. The van der Waals surface area contributed by atoms with E-state index >= 15 is 0 Å². The molecule has 0 radical (unpaired) electrons. The topological polar surface area (TPSA) is 15.3 Å². The first-order valence-corrected chi connectivity index (χ1v) is 6.69. The van der Waals surface area contributed by atoms with Crippen molar-refractivity contribution in [3.05, 3.63) is 35.6 Å². The third-order valence-corrected chi connectivity index (χ3v) is 3.54. The summed E-state index contributed by atoms with van der Waals surface area (Å²) in [5, 5.41) is 3.35. The summed E-state index contributed by atoms with van der Waals surface area (Å²) in [5.74, 6) is -0.0871. The lowest BCUT2D eigenvalue weighted by Gasteiger charge is -2.42. The summed E-state index contributed by atoms with van der Waals surface area (Å²) in [6, 6.07) is 7.32. The van der Waals surface area contributed by atoms with Crippen molar-refractivity contribution < 1.29 is 4.39 Å². The smallest absolute Gasteiger partial charge is 0.128 e. The molecule has 1 heterocycles. The second-order valence-electron chi connectivity index (χ2n) is 6.08. The number of nitrogens with one attached hydrogen (secondary N) is 1. The van der Waals surface area contributed by atoms with Crippen LogP contribution < -0.4 is 5.32 Å². The SMILES string of the molecule is CC(C)(C)[C@@H](c1ccccc1F)N1CCNCC1. The third-order valence-electron chi connectivity index (χ3n) is 3.54. The molecule has 0 saturated carbocycles. The van der Waals surface area contributed by atoms with Gasteiger partial charge in [0.05, 0.1) is 0 Å². The van der Waals surface area contributed by atoms with Crippen LogP contribution in [0.3, 0.4) is 0 Å². The van der Waals surface area contributed by atoms with Gasteiger partial charge in [-0.15, -0.1) is 0 Å². The van der Waals surface area contributed by atoms with E-state index in [-0.39, 0.29) is 17.3 Å². The predicted molar refractivity (Wildman–Crippen MR) is 73.0 cm³/mol. The first-order valence-electron chi connectivity index (χ1n) is 6.69. The fourth-order valence-corrected chi connectivity index (χ4v) is 2.85. The molecular formula is C15H23FN2. The van der Waals surface area contributed by atoms with Crippen molar-refractivity contribution in [2.75, 3.05) is 26.2 Å². The van der Waals surface area contributed by atoms with Crippen LogP contribution >= 0.6 is 0 Å². The fraction of sp³-hybridized carbons (Fsp3) is 0.600. The van der Waals surface area contributed by atoms with Crippen LogP contribution in [0, 0.1) is 11.2 Å². The molecule has 0 bridgehead atoms. The minimum Gasteiger partial charge on any atom is -0.314 e. The number of benzene rings is 1. The molecule has 0 spiro atoms. The van der Waals surface area contributed by atoms with Gasteiger partial charge in [-0.25, -0.2) is 4.39 Å². The van der Waals surface area contributed by atoms with Gasteiger partial charge in [0.2, 0.25) is 0 Å². The van der Waals surface area contributed by atoms with Gasteiger partial charge >= 0.3 is 0 Å². The Balaban J connectivity index is 2.34. The van der Waals surface area contributed by atoms with E-state index in [2.05, 4.69) is 31.0 Å². The van der Waals surface area contributed by atoms with Crippen LogP contribution in [0.15, 0.2) is 24.3 Å². The lowest BCUT2D eigenvalue weighted by Crippen LogP contribution is -2.48. The van der Waals surface area contributed by atoms with Gasteiger partial charge in [-0.05, 0) is 11.5 Å². The molecule has 0 unspecified atom stereocenters. The molecule has 100 valence electrons. The molecule has 0 aromatic heterocycles. The van der Waals surface area contributed by atoms with Gasteiger partial charge < -0.3 is 5.32 Å². The Morgan fingerprint density at radius 2 is 1.78 bits per heavy atom. The van der Waals surface area contributed by atoms with Crippen LogP contribution in [0.5, 0.6) is 0 Å². The minimum atomic E-state index is -0.0871. The molecule has 1 N–H and O–H groups in total. The Kier molecular flexibility index (Phi) is 4.03. The van der Waals surface area contributed by atoms with E-state index in [9.17, 15) is 4.39 Å². The van der Waals surface area contributed by atoms with Crippen molar-refractivity contribution in [2.24, 2.45) is 5.41 Å². The number of hydrogen-bond acceptors (Lipinski definition) is 2. The number of hydrogen-bond donors (Lipinski definition) is 1. The van der Waals surface area contributed by atoms with Gasteiger partial charge in [-0.2, -0.15) is 0 Å². The molecule has 1 atom stereocenters. The van der Waals surface area contributed by atoms with Crippen molar-refractivity contribution in [2.45, 2.75) is 26.8 Å². The van der Waals surface area contributed by atoms with E-state index in [1.165, 1.54) is 0 Å². The molecule has 2 rings (SSSR count). The second-order valence-corrected chi connectivity index (χ2v) is 6.08. The second kappa shape index (κ2) is 5.37. The van der Waals surface area contributed by atoms with Crippen molar-refractivity contribution in [1.82, 2.24) is 10.2 Å². The summed E-state index contributed by atoms with van der Waals surface area (Å²) in [6.07, 6.45) is 0. The lowest BCUT2D eigenvalue weighted by molar-refractivity contribution is 0.0834. The molecule has 18 heavy (non-hydrogen) atoms. The Morgan fingerprint density at radius 1 is 1.17 bits per heavy atom. The average Bonchev–Trinajstić information content (AvgIpc) is 2.32. The Hall–Kier alpha value is -0.930. The molecule has 1 fully saturated rings. The fourth-order valence-electron chi connectivity index (χ4n) is 2.85. The van der Waals surface area contributed by atoms with Crippen LogP contribution in [-0.4, -0.2) is 31.1 Å². The quantitative estimate of drug-likeness (QED) is 0.868. The van der Waals surface area contributed by atoms with Crippen molar-refractivity contribution in [3.8, 4) is 0 Å². The van der Waals surface area contributed by atoms with Crippen molar-refractivity contribution in [1.29, 1.82) is 0 Å². The van der Waals surface area contributed by atoms with Crippen LogP contribution in [-0.2, 0) is 0 Å². The van der Waals surface area contributed by atoms with Gasteiger partial charge in [0, 0.05) is 37.8 Å². The average molecular weight is 250 g/mol. The van der Waals surface area contributed by atoms with Gasteiger partial charge in [-0.3, -0.25) is 4.90 Å². The highest BCUT2D eigenvalue weighted by Gasteiger charge is 2.33. The molecule has 0 amide bonds. The summed E-state index contributed by atoms with van der Waals surface area (Å²) in [7, 11) is 0. The molecular weight excluding hydrogens is 227 g/mol. The Morgan fingerprint density at radius 3 is 2.33 bits per heavy atom. The zero-order valence-corrected chi connectivity index (χ0v) is 11.5. The highest BCUT2D eigenvalue weighted by atomic mass is 19.1. The normalized spacial score (nSPS) is 19.8. The molecule has 3 heteroatoms. The van der Waals surface area contributed by atoms with Gasteiger partial charge in [0.1, 0.15) is 5.82 Å². The van der Waals surface area contributed by atoms with Gasteiger partial charge in [0.15, 0.2) is 0 Å². The largest absolute Gasteiger partial charge is 0.314 e. The van der Waals surface area contributed by atoms with E-state index in [1.807, 2.05) is 12.1 Å². The Labute approximate surface area is 109 Å². The monoisotopic (exact) mass is 250 g/mol. The standard InChI is InChI=1S/C15H23FN2/c1-15(2,3)14(18-10-8-17-9-11-18)12-6-4-5-7-13(12)16/h4-7,14,17H,8-11H2,1-3H3/t14-/m1/s1. The van der Waals surface area contributed by atoms with Gasteiger partial charge in [0.25, 0.3) is 0 Å². The van der Waals surface area contributed by atoms with E-state index in [4.69, 9.17) is 0 Å². The zero-order valence-electron chi connectivity index (χ0n) is 11.5. The first kappa shape index (κ1) is 13.5. The number of halogens is 1. The maximum atomic E-state index is 14.1. The van der Waals surface area contributed by atoms with Crippen molar-refractivity contribution in [3.63, 3.8) is 0 Å². The third kappa shape index (κ3) is 2.90. The summed E-state index contributed by atoms with van der Waals surface area (Å²) in [5.41, 5.74) is 0.853. The maximum absolute atomic E-state index is 14.1. The molecule has 0 aliphatic carbocycles. The van der Waals surface area contributed by atoms with Crippen LogP contribution in [0.4, 0.5) is 4.39 Å². The van der Waals surface area contributed by atoms with E-state index in [0.29, 0.717) is 0 Å². The summed E-state index contributed by atoms with van der Waals surface area (Å²) in [4.78, 5) is 2.40. The van der Waals surface area contributed by atoms with Crippen LogP contribution in [0.25, 0.3) is 0 Å². The molecule has 1 aliphatic heterocycles. The van der Waals surface area contributed by atoms with E-state index in [0.717, 1.165) is 31.7 Å². The van der Waals surface area contributed by atoms with E-state index in [1.54, 1.807) is 12.1 Å². The highest BCUT2D eigenvalue weighted by molar-refractivity contribution is 5.23. The number of rotatable bonds is 2. The highest BCUT2D eigenvalue weighted by Crippen LogP contribution is 2.38. The molecule has 1 saturated heterocycles. The number of nitrogens with zero attached hydrogens (tertiary/aromatic N) is 1. The Bertz CT molecular complexity index is 392. The molecule has 1 aromatic carbocycles. The van der Waals surface area contributed by atoms with Crippen molar-refractivity contribution >= 4 is 0 Å². The van der Waals surface area contributed by atoms with Crippen LogP contribution in [0.1, 0.15) is 32.4 Å². The van der Waals surface area contributed by atoms with E-state index < -0.39 is 0 Å².